The second-order valence-corrected chi connectivity index (χ2v) is 8.83. The van der Waals surface area contributed by atoms with E-state index in [4.69, 9.17) is 4.74 Å². The number of aromatic nitrogens is 1. The van der Waals surface area contributed by atoms with Gasteiger partial charge in [0.2, 0.25) is 0 Å². The maximum absolute atomic E-state index is 13.2. The van der Waals surface area contributed by atoms with Crippen molar-refractivity contribution in [3.8, 4) is 5.75 Å². The number of ketones is 1. The Morgan fingerprint density at radius 2 is 1.92 bits per heavy atom. The van der Waals surface area contributed by atoms with Gasteiger partial charge in [-0.25, -0.2) is 0 Å². The van der Waals surface area contributed by atoms with Crippen molar-refractivity contribution in [2.45, 2.75) is 38.2 Å². The minimum Gasteiger partial charge on any atom is -0.507 e. The van der Waals surface area contributed by atoms with Crippen LogP contribution in [0.15, 0.2) is 72.4 Å². The zero-order chi connectivity index (χ0) is 25.6. The van der Waals surface area contributed by atoms with Crippen molar-refractivity contribution in [3.05, 3.63) is 100 Å². The summed E-state index contributed by atoms with van der Waals surface area (Å²) in [5.41, 5.74) is 0.668. The number of ether oxygens (including phenoxy) is 1. The second kappa shape index (κ2) is 8.82. The van der Waals surface area contributed by atoms with Crippen LogP contribution in [0.25, 0.3) is 5.76 Å². The number of pyridine rings is 1. The molecule has 9 heteroatoms. The molecule has 0 spiro atoms. The summed E-state index contributed by atoms with van der Waals surface area (Å²) in [6.07, 6.45) is -2.47. The summed E-state index contributed by atoms with van der Waals surface area (Å²) in [4.78, 5) is 31.7. The van der Waals surface area contributed by atoms with E-state index in [0.717, 1.165) is 22.6 Å². The van der Waals surface area contributed by atoms with Gasteiger partial charge in [-0.2, -0.15) is 13.2 Å². The van der Waals surface area contributed by atoms with E-state index in [0.29, 0.717) is 23.4 Å². The van der Waals surface area contributed by atoms with E-state index in [1.54, 1.807) is 36.4 Å². The number of hydrogen-bond donors (Lipinski definition) is 1. The molecule has 36 heavy (non-hydrogen) atoms. The fourth-order valence-electron chi connectivity index (χ4n) is 4.66. The molecule has 1 amide bonds. The zero-order valence-corrected chi connectivity index (χ0v) is 19.1. The largest absolute Gasteiger partial charge is 0.507 e. The lowest BCUT2D eigenvalue weighted by atomic mass is 9.96. The quantitative estimate of drug-likeness (QED) is 0.312. The van der Waals surface area contributed by atoms with Crippen molar-refractivity contribution in [1.82, 2.24) is 9.88 Å². The van der Waals surface area contributed by atoms with Crippen LogP contribution in [0.5, 0.6) is 5.75 Å². The summed E-state index contributed by atoms with van der Waals surface area (Å²) in [6.45, 7) is 1.64. The molecule has 0 bridgehead atoms. The first kappa shape index (κ1) is 23.6. The molecule has 3 aromatic rings. The Labute approximate surface area is 204 Å². The second-order valence-electron chi connectivity index (χ2n) is 8.83. The SMILES string of the molecule is CC1Cc2cc(/C(O)=C3/C(=O)C(=O)N(Cc4cccc(C(F)(F)F)c4)C3c3ccccn3)ccc2O1. The van der Waals surface area contributed by atoms with E-state index in [2.05, 4.69) is 4.98 Å². The van der Waals surface area contributed by atoms with E-state index >= 15 is 0 Å². The lowest BCUT2D eigenvalue weighted by molar-refractivity contribution is -0.140. The number of alkyl halides is 3. The molecule has 0 radical (unpaired) electrons. The van der Waals surface area contributed by atoms with Gasteiger partial charge in [0.05, 0.1) is 16.8 Å². The van der Waals surface area contributed by atoms with E-state index in [1.807, 2.05) is 6.92 Å². The molecule has 0 saturated carbocycles. The van der Waals surface area contributed by atoms with E-state index < -0.39 is 29.5 Å². The first-order valence-corrected chi connectivity index (χ1v) is 11.3. The van der Waals surface area contributed by atoms with Crippen molar-refractivity contribution < 1.29 is 32.6 Å². The molecule has 2 aliphatic rings. The molecule has 184 valence electrons. The van der Waals surface area contributed by atoms with Gasteiger partial charge in [0.1, 0.15) is 23.7 Å². The number of hydrogen-bond acceptors (Lipinski definition) is 5. The Bertz CT molecular complexity index is 1390. The molecule has 6 nitrogen and oxygen atoms in total. The number of rotatable bonds is 4. The van der Waals surface area contributed by atoms with Gasteiger partial charge in [-0.15, -0.1) is 0 Å². The molecule has 2 aromatic carbocycles. The number of aliphatic hydroxyl groups is 1. The maximum Gasteiger partial charge on any atom is 0.416 e. The Morgan fingerprint density at radius 1 is 1.11 bits per heavy atom. The lowest BCUT2D eigenvalue weighted by Gasteiger charge is -2.25. The van der Waals surface area contributed by atoms with Crippen LogP contribution in [0, 0.1) is 0 Å². The number of likely N-dealkylation sites (tertiary alicyclic amines) is 1. The molecule has 1 saturated heterocycles. The number of aliphatic hydroxyl groups excluding tert-OH is 1. The maximum atomic E-state index is 13.2. The summed E-state index contributed by atoms with van der Waals surface area (Å²) < 4.78 is 45.4. The van der Waals surface area contributed by atoms with Crippen molar-refractivity contribution >= 4 is 17.4 Å². The van der Waals surface area contributed by atoms with Crippen molar-refractivity contribution in [3.63, 3.8) is 0 Å². The first-order valence-electron chi connectivity index (χ1n) is 11.3. The van der Waals surface area contributed by atoms with Crippen LogP contribution in [0.3, 0.4) is 0 Å². The number of carbonyl (C=O) groups is 2. The Morgan fingerprint density at radius 3 is 2.64 bits per heavy atom. The van der Waals surface area contributed by atoms with Crippen LogP contribution >= 0.6 is 0 Å². The number of carbonyl (C=O) groups excluding carboxylic acids is 2. The third kappa shape index (κ3) is 4.21. The minimum atomic E-state index is -4.56. The topological polar surface area (TPSA) is 79.7 Å². The third-order valence-corrected chi connectivity index (χ3v) is 6.28. The summed E-state index contributed by atoms with van der Waals surface area (Å²) in [5.74, 6) is -1.55. The van der Waals surface area contributed by atoms with Gasteiger partial charge in [-0.05, 0) is 60.5 Å². The average molecular weight is 494 g/mol. The van der Waals surface area contributed by atoms with E-state index in [9.17, 15) is 27.9 Å². The van der Waals surface area contributed by atoms with Crippen LogP contribution in [0.4, 0.5) is 13.2 Å². The molecule has 0 aliphatic carbocycles. The van der Waals surface area contributed by atoms with Gasteiger partial charge in [0.15, 0.2) is 0 Å². The smallest absolute Gasteiger partial charge is 0.416 e. The fourth-order valence-corrected chi connectivity index (χ4v) is 4.66. The van der Waals surface area contributed by atoms with E-state index in [1.165, 1.54) is 18.3 Å². The molecular formula is C27H21F3N2O4. The summed E-state index contributed by atoms with van der Waals surface area (Å²) in [7, 11) is 0. The van der Waals surface area contributed by atoms with Gasteiger partial charge >= 0.3 is 6.18 Å². The number of amides is 1. The summed E-state index contributed by atoms with van der Waals surface area (Å²) in [6, 6.07) is 13.4. The van der Waals surface area contributed by atoms with Crippen molar-refractivity contribution in [2.24, 2.45) is 0 Å². The average Bonchev–Trinajstić information content (AvgIpc) is 3.35. The first-order chi connectivity index (χ1) is 17.1. The van der Waals surface area contributed by atoms with Crippen LogP contribution in [0.1, 0.15) is 40.9 Å². The predicted octanol–water partition coefficient (Wildman–Crippen LogP) is 5.05. The van der Waals surface area contributed by atoms with Crippen LogP contribution in [0.2, 0.25) is 0 Å². The fraction of sp³-hybridized carbons (Fsp3) is 0.222. The van der Waals surface area contributed by atoms with Crippen LogP contribution in [-0.4, -0.2) is 32.8 Å². The number of halogens is 3. The normalized spacial score (nSPS) is 20.9. The van der Waals surface area contributed by atoms with Gasteiger partial charge in [-0.3, -0.25) is 14.6 Å². The highest BCUT2D eigenvalue weighted by molar-refractivity contribution is 6.46. The molecule has 2 atom stereocenters. The predicted molar refractivity (Wildman–Crippen MR) is 124 cm³/mol. The molecule has 1 fully saturated rings. The monoisotopic (exact) mass is 494 g/mol. The van der Waals surface area contributed by atoms with Crippen LogP contribution < -0.4 is 4.74 Å². The highest BCUT2D eigenvalue weighted by Crippen LogP contribution is 2.41. The highest BCUT2D eigenvalue weighted by atomic mass is 19.4. The standard InChI is InChI=1S/C27H21F3N2O4/c1-15-11-18-13-17(8-9-21(18)36-15)24(33)22-23(20-7-2-3-10-31-20)32(26(35)25(22)34)14-16-5-4-6-19(12-16)27(28,29)30/h2-10,12-13,15,23,33H,11,14H2,1H3/b24-22-. The third-order valence-electron chi connectivity index (χ3n) is 6.28. The minimum absolute atomic E-state index is 0.0241. The molecule has 5 rings (SSSR count). The number of benzene rings is 2. The molecule has 3 heterocycles. The molecule has 1 aromatic heterocycles. The summed E-state index contributed by atoms with van der Waals surface area (Å²) >= 11 is 0. The molecular weight excluding hydrogens is 473 g/mol. The van der Waals surface area contributed by atoms with Crippen molar-refractivity contribution in [1.29, 1.82) is 0 Å². The Hall–Kier alpha value is -4.14. The van der Waals surface area contributed by atoms with Gasteiger partial charge in [0, 0.05) is 24.7 Å². The van der Waals surface area contributed by atoms with Crippen molar-refractivity contribution in [2.75, 3.05) is 0 Å². The van der Waals surface area contributed by atoms with Gasteiger partial charge in [0.25, 0.3) is 11.7 Å². The lowest BCUT2D eigenvalue weighted by Crippen LogP contribution is -2.29. The van der Waals surface area contributed by atoms with Gasteiger partial charge in [-0.1, -0.05) is 18.2 Å². The highest BCUT2D eigenvalue weighted by Gasteiger charge is 2.47. The molecule has 2 aliphatic heterocycles. The van der Waals surface area contributed by atoms with Gasteiger partial charge < -0.3 is 14.7 Å². The van der Waals surface area contributed by atoms with E-state index in [-0.39, 0.29) is 29.5 Å². The Balaban J connectivity index is 1.59. The number of nitrogens with zero attached hydrogens (tertiary/aromatic N) is 2. The zero-order valence-electron chi connectivity index (χ0n) is 19.1. The molecule has 2 unspecified atom stereocenters. The molecule has 1 N–H and O–H groups in total. The summed E-state index contributed by atoms with van der Waals surface area (Å²) in [5, 5.41) is 11.2. The number of Topliss-reactive ketones (excluding diaryl/α,β-unsaturated/α-hetero) is 1. The van der Waals surface area contributed by atoms with Crippen LogP contribution in [-0.2, 0) is 28.7 Å². The Kier molecular flexibility index (Phi) is 5.78. The number of fused-ring (bicyclic) bond motifs is 1.